The summed E-state index contributed by atoms with van der Waals surface area (Å²) in [5, 5.41) is 2.84. The number of ether oxygens (including phenoxy) is 1. The maximum atomic E-state index is 12.5. The predicted octanol–water partition coefficient (Wildman–Crippen LogP) is 5.07. The lowest BCUT2D eigenvalue weighted by Crippen LogP contribution is -2.30. The van der Waals surface area contributed by atoms with Crippen LogP contribution >= 0.6 is 0 Å². The van der Waals surface area contributed by atoms with Crippen molar-refractivity contribution in [2.75, 3.05) is 23.7 Å². The van der Waals surface area contributed by atoms with Gasteiger partial charge in [-0.25, -0.2) is 8.42 Å². The summed E-state index contributed by atoms with van der Waals surface area (Å²) in [5.41, 5.74) is 4.22. The molecule has 0 heterocycles. The Kier molecular flexibility index (Phi) is 8.22. The van der Waals surface area contributed by atoms with Crippen LogP contribution in [-0.4, -0.2) is 33.7 Å². The summed E-state index contributed by atoms with van der Waals surface area (Å²) < 4.78 is 32.0. The lowest BCUT2D eigenvalue weighted by atomic mass is 9.87. The van der Waals surface area contributed by atoms with Crippen LogP contribution in [0.5, 0.6) is 5.75 Å². The van der Waals surface area contributed by atoms with Crippen molar-refractivity contribution in [3.05, 3.63) is 95.1 Å². The molecular formula is C28H34N2O4S. The van der Waals surface area contributed by atoms with E-state index in [4.69, 9.17) is 4.74 Å². The van der Waals surface area contributed by atoms with Gasteiger partial charge in [-0.1, -0.05) is 57.2 Å². The van der Waals surface area contributed by atoms with Gasteiger partial charge in [0.2, 0.25) is 10.0 Å². The van der Waals surface area contributed by atoms with E-state index in [2.05, 4.69) is 26.1 Å². The molecule has 0 spiro atoms. The molecule has 1 amide bonds. The molecule has 0 aliphatic carbocycles. The summed E-state index contributed by atoms with van der Waals surface area (Å²) >= 11 is 0. The fraction of sp³-hybridized carbons (Fsp3) is 0.321. The van der Waals surface area contributed by atoms with Crippen LogP contribution in [0.1, 0.15) is 47.8 Å². The average Bonchev–Trinajstić information content (AvgIpc) is 2.80. The molecule has 3 aromatic rings. The fourth-order valence-electron chi connectivity index (χ4n) is 3.61. The number of rotatable bonds is 9. The molecule has 35 heavy (non-hydrogen) atoms. The van der Waals surface area contributed by atoms with E-state index in [1.165, 1.54) is 16.1 Å². The maximum Gasteiger partial charge on any atom is 0.251 e. The van der Waals surface area contributed by atoms with E-state index in [-0.39, 0.29) is 17.9 Å². The number of hydrogen-bond acceptors (Lipinski definition) is 4. The van der Waals surface area contributed by atoms with Crippen molar-refractivity contribution in [1.29, 1.82) is 0 Å². The van der Waals surface area contributed by atoms with Crippen LogP contribution in [0.2, 0.25) is 0 Å². The van der Waals surface area contributed by atoms with Crippen molar-refractivity contribution in [2.45, 2.75) is 39.7 Å². The highest BCUT2D eigenvalue weighted by Gasteiger charge is 2.19. The molecule has 3 rings (SSSR count). The topological polar surface area (TPSA) is 75.7 Å². The first-order valence-electron chi connectivity index (χ1n) is 11.6. The van der Waals surface area contributed by atoms with E-state index in [9.17, 15) is 13.2 Å². The van der Waals surface area contributed by atoms with E-state index in [1.54, 1.807) is 24.3 Å². The first-order chi connectivity index (χ1) is 16.4. The van der Waals surface area contributed by atoms with Gasteiger partial charge in [-0.2, -0.15) is 0 Å². The van der Waals surface area contributed by atoms with Gasteiger partial charge in [0.05, 0.1) is 25.0 Å². The monoisotopic (exact) mass is 494 g/mol. The zero-order valence-corrected chi connectivity index (χ0v) is 21.9. The molecule has 0 atom stereocenters. The Labute approximate surface area is 209 Å². The maximum absolute atomic E-state index is 12.5. The van der Waals surface area contributed by atoms with Gasteiger partial charge in [0, 0.05) is 5.56 Å². The number of amides is 1. The van der Waals surface area contributed by atoms with E-state index >= 15 is 0 Å². The van der Waals surface area contributed by atoms with Gasteiger partial charge in [0.25, 0.3) is 5.91 Å². The molecule has 0 bridgehead atoms. The minimum Gasteiger partial charge on any atom is -0.492 e. The molecule has 0 aliphatic heterocycles. The number of hydrogen-bond donors (Lipinski definition) is 1. The number of nitrogens with zero attached hydrogens (tertiary/aromatic N) is 1. The number of anilines is 1. The second kappa shape index (κ2) is 11.0. The molecule has 6 nitrogen and oxygen atoms in total. The molecule has 1 N–H and O–H groups in total. The standard InChI is InChI=1S/C28H34N2O4S/c1-21-8-6-7-9-23(21)20-30(35(5,32)33)25-14-10-22(11-15-25)27(31)29-18-19-34-26-16-12-24(13-17-26)28(2,3)4/h6-17H,18-20H2,1-5H3,(H,29,31). The molecule has 0 fully saturated rings. The third-order valence-corrected chi connectivity index (χ3v) is 6.91. The highest BCUT2D eigenvalue weighted by Crippen LogP contribution is 2.24. The molecule has 3 aromatic carbocycles. The van der Waals surface area contributed by atoms with Gasteiger partial charge < -0.3 is 10.1 Å². The van der Waals surface area contributed by atoms with Crippen molar-refractivity contribution < 1.29 is 17.9 Å². The fourth-order valence-corrected chi connectivity index (χ4v) is 4.49. The molecule has 186 valence electrons. The van der Waals surface area contributed by atoms with Crippen LogP contribution in [0, 0.1) is 6.92 Å². The van der Waals surface area contributed by atoms with Crippen molar-refractivity contribution >= 4 is 21.6 Å². The highest BCUT2D eigenvalue weighted by molar-refractivity contribution is 7.92. The molecule has 0 saturated heterocycles. The Hall–Kier alpha value is -3.32. The Morgan fingerprint density at radius 3 is 2.14 bits per heavy atom. The normalized spacial score (nSPS) is 11.7. The summed E-state index contributed by atoms with van der Waals surface area (Å²) in [7, 11) is -3.50. The molecular weight excluding hydrogens is 460 g/mol. The van der Waals surface area contributed by atoms with Crippen molar-refractivity contribution in [1.82, 2.24) is 5.32 Å². The Bertz CT molecular complexity index is 1250. The summed E-state index contributed by atoms with van der Waals surface area (Å²) in [6.07, 6.45) is 1.18. The van der Waals surface area contributed by atoms with Crippen LogP contribution in [0.25, 0.3) is 0 Å². The second-order valence-corrected chi connectivity index (χ2v) is 11.5. The quantitative estimate of drug-likeness (QED) is 0.422. The zero-order valence-electron chi connectivity index (χ0n) is 21.0. The molecule has 7 heteroatoms. The summed E-state index contributed by atoms with van der Waals surface area (Å²) in [5.74, 6) is 0.513. The number of benzene rings is 3. The number of aryl methyl sites for hydroxylation is 1. The smallest absolute Gasteiger partial charge is 0.251 e. The largest absolute Gasteiger partial charge is 0.492 e. The number of nitrogens with one attached hydrogen (secondary N) is 1. The molecule has 0 unspecified atom stereocenters. The summed E-state index contributed by atoms with van der Waals surface area (Å²) in [6, 6.07) is 22.2. The Morgan fingerprint density at radius 1 is 0.943 bits per heavy atom. The first kappa shape index (κ1) is 26.3. The van der Waals surface area contributed by atoms with Crippen LogP contribution in [0.4, 0.5) is 5.69 Å². The van der Waals surface area contributed by atoms with Crippen molar-refractivity contribution in [3.8, 4) is 5.75 Å². The minimum atomic E-state index is -3.50. The first-order valence-corrected chi connectivity index (χ1v) is 13.4. The third-order valence-electron chi connectivity index (χ3n) is 5.77. The van der Waals surface area contributed by atoms with E-state index < -0.39 is 10.0 Å². The van der Waals surface area contributed by atoms with E-state index in [1.807, 2.05) is 55.5 Å². The Morgan fingerprint density at radius 2 is 1.57 bits per heavy atom. The predicted molar refractivity (Wildman–Crippen MR) is 142 cm³/mol. The summed E-state index contributed by atoms with van der Waals surface area (Å²) in [6.45, 7) is 9.36. The SMILES string of the molecule is Cc1ccccc1CN(c1ccc(C(=O)NCCOc2ccc(C(C)(C)C)cc2)cc1)S(C)(=O)=O. The molecule has 0 radical (unpaired) electrons. The number of sulfonamides is 1. The minimum absolute atomic E-state index is 0.0842. The van der Waals surface area contributed by atoms with Gasteiger partial charge in [0.15, 0.2) is 0 Å². The van der Waals surface area contributed by atoms with E-state index in [0.29, 0.717) is 24.4 Å². The van der Waals surface area contributed by atoms with E-state index in [0.717, 1.165) is 16.9 Å². The second-order valence-electron chi connectivity index (χ2n) is 9.62. The summed E-state index contributed by atoms with van der Waals surface area (Å²) in [4.78, 5) is 12.5. The molecule has 0 aliphatic rings. The van der Waals surface area contributed by atoms with Gasteiger partial charge in [-0.3, -0.25) is 9.10 Å². The third kappa shape index (κ3) is 7.33. The number of carbonyl (C=O) groups excluding carboxylic acids is 1. The van der Waals surface area contributed by atoms with Crippen LogP contribution in [-0.2, 0) is 22.0 Å². The van der Waals surface area contributed by atoms with Gasteiger partial charge in [-0.15, -0.1) is 0 Å². The highest BCUT2D eigenvalue weighted by atomic mass is 32.2. The average molecular weight is 495 g/mol. The van der Waals surface area contributed by atoms with Crippen molar-refractivity contribution in [3.63, 3.8) is 0 Å². The zero-order chi connectivity index (χ0) is 25.6. The van der Waals surface area contributed by atoms with Gasteiger partial charge >= 0.3 is 0 Å². The van der Waals surface area contributed by atoms with Crippen LogP contribution in [0.15, 0.2) is 72.8 Å². The molecule has 0 saturated carbocycles. The van der Waals surface area contributed by atoms with Gasteiger partial charge in [0.1, 0.15) is 12.4 Å². The number of carbonyl (C=O) groups is 1. The Balaban J connectivity index is 1.57. The van der Waals surface area contributed by atoms with Crippen LogP contribution in [0.3, 0.4) is 0 Å². The van der Waals surface area contributed by atoms with Crippen LogP contribution < -0.4 is 14.4 Å². The lowest BCUT2D eigenvalue weighted by molar-refractivity contribution is 0.0947. The lowest BCUT2D eigenvalue weighted by Gasteiger charge is -2.23. The van der Waals surface area contributed by atoms with Crippen molar-refractivity contribution in [2.24, 2.45) is 0 Å². The molecule has 0 aromatic heterocycles. The van der Waals surface area contributed by atoms with Gasteiger partial charge in [-0.05, 0) is 65.4 Å².